The SMILES string of the molecule is COC1C=CC(OP(=S)(OCC2OC(n3cnc4c(N)ncnc43)CC2(F)F)OC2CCC(OC)CC2)CC1. The number of ether oxygens (including phenoxy) is 3. The molecule has 3 aliphatic rings. The zero-order chi connectivity index (χ0) is 27.6. The summed E-state index contributed by atoms with van der Waals surface area (Å²) in [5.74, 6) is -3.04. The van der Waals surface area contributed by atoms with Gasteiger partial charge in [0.2, 0.25) is 0 Å². The van der Waals surface area contributed by atoms with Gasteiger partial charge in [-0.1, -0.05) is 12.2 Å². The standard InChI is InChI=1S/C24H34F2N5O6PS/c1-32-15-3-7-17(8-4-15)36-38(39,37-18-9-5-16(33-2)6-10-18)34-12-19-24(25,26)11-20(35-19)31-14-30-21-22(27)28-13-29-23(21)31/h3,7,13-20H,4-6,8-12H2,1-2H3,(H2,27,28,29). The van der Waals surface area contributed by atoms with Crippen LogP contribution in [0, 0.1) is 0 Å². The van der Waals surface area contributed by atoms with Crippen LogP contribution in [0.2, 0.25) is 0 Å². The van der Waals surface area contributed by atoms with E-state index in [1.165, 1.54) is 17.2 Å². The number of aromatic nitrogens is 4. The second kappa shape index (κ2) is 12.1. The van der Waals surface area contributed by atoms with Crippen molar-refractivity contribution in [3.05, 3.63) is 24.8 Å². The number of nitrogens with zero attached hydrogens (tertiary/aromatic N) is 4. The quantitative estimate of drug-likeness (QED) is 0.315. The Labute approximate surface area is 230 Å². The maximum Gasteiger partial charge on any atom is 0.328 e. The second-order valence-electron chi connectivity index (χ2n) is 9.99. The molecule has 5 rings (SSSR count). The van der Waals surface area contributed by atoms with Gasteiger partial charge in [0.25, 0.3) is 5.92 Å². The van der Waals surface area contributed by atoms with Gasteiger partial charge in [-0.25, -0.2) is 23.7 Å². The van der Waals surface area contributed by atoms with Gasteiger partial charge in [0.05, 0.1) is 43.8 Å². The van der Waals surface area contributed by atoms with Crippen molar-refractivity contribution >= 4 is 35.5 Å². The van der Waals surface area contributed by atoms with E-state index in [1.807, 2.05) is 12.2 Å². The van der Waals surface area contributed by atoms with Gasteiger partial charge in [-0.05, 0) is 50.3 Å². The number of methoxy groups -OCH3 is 2. The highest BCUT2D eigenvalue weighted by atomic mass is 32.5. The van der Waals surface area contributed by atoms with Crippen LogP contribution >= 0.6 is 6.72 Å². The van der Waals surface area contributed by atoms with E-state index in [9.17, 15) is 0 Å². The van der Waals surface area contributed by atoms with Gasteiger partial charge in [0.1, 0.15) is 24.2 Å². The number of nitrogens with two attached hydrogens (primary N) is 1. The van der Waals surface area contributed by atoms with Crippen LogP contribution in [0.4, 0.5) is 14.6 Å². The molecule has 0 radical (unpaired) electrons. The molecule has 1 saturated carbocycles. The minimum atomic E-state index is -3.42. The topological polar surface area (TPSA) is 125 Å². The summed E-state index contributed by atoms with van der Waals surface area (Å²) >= 11 is 5.78. The number of hydrogen-bond acceptors (Lipinski definition) is 11. The predicted molar refractivity (Wildman–Crippen MR) is 142 cm³/mol. The van der Waals surface area contributed by atoms with Gasteiger partial charge >= 0.3 is 6.72 Å². The molecule has 0 aromatic carbocycles. The lowest BCUT2D eigenvalue weighted by Crippen LogP contribution is -2.33. The third kappa shape index (κ3) is 6.65. The zero-order valence-corrected chi connectivity index (χ0v) is 23.6. The highest BCUT2D eigenvalue weighted by Gasteiger charge is 2.52. The van der Waals surface area contributed by atoms with Gasteiger partial charge in [-0.3, -0.25) is 4.57 Å². The number of nitrogen functional groups attached to an aromatic ring is 1. The monoisotopic (exact) mass is 589 g/mol. The number of anilines is 1. The van der Waals surface area contributed by atoms with E-state index in [0.29, 0.717) is 30.4 Å². The van der Waals surface area contributed by atoms with Crippen molar-refractivity contribution in [2.45, 2.75) is 87.6 Å². The number of fused-ring (bicyclic) bond motifs is 1. The Morgan fingerprint density at radius 2 is 1.74 bits per heavy atom. The summed E-state index contributed by atoms with van der Waals surface area (Å²) in [4.78, 5) is 12.2. The van der Waals surface area contributed by atoms with Crippen LogP contribution in [-0.4, -0.2) is 76.8 Å². The van der Waals surface area contributed by atoms with Crippen LogP contribution < -0.4 is 5.73 Å². The van der Waals surface area contributed by atoms with Crippen LogP contribution in [0.3, 0.4) is 0 Å². The largest absolute Gasteiger partial charge is 0.382 e. The lowest BCUT2D eigenvalue weighted by atomic mass is 9.95. The molecule has 216 valence electrons. The molecule has 2 aromatic rings. The molecule has 2 aromatic heterocycles. The first kappa shape index (κ1) is 28.9. The predicted octanol–water partition coefficient (Wildman–Crippen LogP) is 4.30. The average molecular weight is 590 g/mol. The third-order valence-corrected chi connectivity index (χ3v) is 9.78. The van der Waals surface area contributed by atoms with Crippen molar-refractivity contribution in [1.82, 2.24) is 19.5 Å². The second-order valence-corrected chi connectivity index (χ2v) is 12.9. The lowest BCUT2D eigenvalue weighted by molar-refractivity contribution is -0.101. The number of hydrogen-bond donors (Lipinski definition) is 1. The number of rotatable bonds is 10. The molecule has 3 heterocycles. The van der Waals surface area contributed by atoms with E-state index in [0.717, 1.165) is 19.3 Å². The molecule has 5 unspecified atom stereocenters. The van der Waals surface area contributed by atoms with Crippen molar-refractivity contribution < 1.29 is 36.6 Å². The average Bonchev–Trinajstić information content (AvgIpc) is 3.49. The minimum Gasteiger partial charge on any atom is -0.382 e. The molecule has 1 saturated heterocycles. The summed E-state index contributed by atoms with van der Waals surface area (Å²) in [5, 5.41) is 0. The molecule has 1 aliphatic heterocycles. The van der Waals surface area contributed by atoms with Crippen LogP contribution in [0.15, 0.2) is 24.8 Å². The van der Waals surface area contributed by atoms with Crippen molar-refractivity contribution in [3.8, 4) is 0 Å². The zero-order valence-electron chi connectivity index (χ0n) is 21.9. The summed E-state index contributed by atoms with van der Waals surface area (Å²) in [5.41, 5.74) is 6.47. The number of imidazole rings is 1. The highest BCUT2D eigenvalue weighted by molar-refractivity contribution is 8.07. The molecular formula is C24H34F2N5O6PS. The molecule has 2 aliphatic carbocycles. The number of alkyl halides is 2. The molecule has 0 spiro atoms. The van der Waals surface area contributed by atoms with Gasteiger partial charge in [0.15, 0.2) is 11.5 Å². The summed E-state index contributed by atoms with van der Waals surface area (Å²) < 4.78 is 66.7. The summed E-state index contributed by atoms with van der Waals surface area (Å²) in [6.07, 6.45) is 7.24. The van der Waals surface area contributed by atoms with Gasteiger partial charge in [-0.15, -0.1) is 0 Å². The fourth-order valence-electron chi connectivity index (χ4n) is 5.13. The summed E-state index contributed by atoms with van der Waals surface area (Å²) in [6.45, 7) is -3.91. The van der Waals surface area contributed by atoms with Gasteiger partial charge < -0.3 is 33.5 Å². The molecule has 0 amide bonds. The Morgan fingerprint density at radius 3 is 2.44 bits per heavy atom. The Hall–Kier alpha value is -1.64. The number of halogens is 2. The third-order valence-electron chi connectivity index (χ3n) is 7.40. The van der Waals surface area contributed by atoms with Crippen molar-refractivity contribution in [3.63, 3.8) is 0 Å². The Morgan fingerprint density at radius 1 is 1.03 bits per heavy atom. The molecular weight excluding hydrogens is 555 g/mol. The van der Waals surface area contributed by atoms with Crippen molar-refractivity contribution in [2.24, 2.45) is 0 Å². The smallest absolute Gasteiger partial charge is 0.328 e. The summed E-state index contributed by atoms with van der Waals surface area (Å²) in [6, 6.07) is 0. The van der Waals surface area contributed by atoms with Gasteiger partial charge in [0, 0.05) is 14.2 Å². The molecule has 2 N–H and O–H groups in total. The Bertz CT molecular complexity index is 1210. The lowest BCUT2D eigenvalue weighted by Gasteiger charge is -2.34. The van der Waals surface area contributed by atoms with Crippen LogP contribution in [-0.2, 0) is 39.6 Å². The first-order chi connectivity index (χ1) is 18.7. The van der Waals surface area contributed by atoms with Crippen LogP contribution in [0.1, 0.15) is 51.2 Å². The van der Waals surface area contributed by atoms with E-state index in [2.05, 4.69) is 15.0 Å². The molecule has 39 heavy (non-hydrogen) atoms. The van der Waals surface area contributed by atoms with E-state index in [-0.39, 0.29) is 30.2 Å². The molecule has 0 bridgehead atoms. The van der Waals surface area contributed by atoms with Crippen molar-refractivity contribution in [1.29, 1.82) is 0 Å². The van der Waals surface area contributed by atoms with E-state index >= 15 is 8.78 Å². The van der Waals surface area contributed by atoms with E-state index in [4.69, 9.17) is 45.3 Å². The first-order valence-corrected chi connectivity index (χ1v) is 15.6. The fraction of sp³-hybridized carbons (Fsp3) is 0.708. The fourth-order valence-corrected chi connectivity index (χ4v) is 7.58. The molecule has 11 nitrogen and oxygen atoms in total. The van der Waals surface area contributed by atoms with Crippen molar-refractivity contribution in [2.75, 3.05) is 26.6 Å². The van der Waals surface area contributed by atoms with E-state index in [1.54, 1.807) is 14.2 Å². The highest BCUT2D eigenvalue weighted by Crippen LogP contribution is 2.55. The summed E-state index contributed by atoms with van der Waals surface area (Å²) in [7, 11) is 3.33. The molecule has 2 fully saturated rings. The van der Waals surface area contributed by atoms with Gasteiger partial charge in [-0.2, -0.15) is 0 Å². The Balaban J connectivity index is 1.28. The normalized spacial score (nSPS) is 32.4. The van der Waals surface area contributed by atoms with Crippen LogP contribution in [0.5, 0.6) is 0 Å². The van der Waals surface area contributed by atoms with E-state index < -0.39 is 38.0 Å². The first-order valence-electron chi connectivity index (χ1n) is 13.0. The maximum absolute atomic E-state index is 15.1. The maximum atomic E-state index is 15.1. The minimum absolute atomic E-state index is 0.00347. The molecule has 5 atom stereocenters. The molecule has 15 heteroatoms. The Kier molecular flexibility index (Phi) is 8.94. The van der Waals surface area contributed by atoms with Crippen LogP contribution in [0.25, 0.3) is 11.2 Å².